The molecule has 0 aromatic heterocycles. The Hall–Kier alpha value is -1.51. The zero-order valence-electron chi connectivity index (χ0n) is 11.8. The van der Waals surface area contributed by atoms with Crippen molar-refractivity contribution in [3.8, 4) is 5.75 Å². The summed E-state index contributed by atoms with van der Waals surface area (Å²) >= 11 is 0. The maximum absolute atomic E-state index is 12.5. The van der Waals surface area contributed by atoms with Crippen LogP contribution >= 0.6 is 0 Å². The number of hydrogen-bond acceptors (Lipinski definition) is 2. The van der Waals surface area contributed by atoms with Gasteiger partial charge in [0.2, 0.25) is 0 Å². The fraction of sp³-hybridized carbons (Fsp3) is 0.533. The minimum Gasteiger partial charge on any atom is -0.476 e. The van der Waals surface area contributed by atoms with Gasteiger partial charge in [0.15, 0.2) is 5.60 Å². The average Bonchev–Trinajstić information content (AvgIpc) is 2.25. The Morgan fingerprint density at radius 3 is 2.61 bits per heavy atom. The number of amides is 1. The quantitative estimate of drug-likeness (QED) is 0.803. The van der Waals surface area contributed by atoms with Gasteiger partial charge < -0.3 is 9.64 Å². The van der Waals surface area contributed by atoms with Crippen LogP contribution in [0.3, 0.4) is 0 Å². The smallest absolute Gasteiger partial charge is 0.270 e. The Morgan fingerprint density at radius 2 is 2.00 bits per heavy atom. The van der Waals surface area contributed by atoms with E-state index in [-0.39, 0.29) is 5.91 Å². The summed E-state index contributed by atoms with van der Waals surface area (Å²) in [5.74, 6) is 1.26. The van der Waals surface area contributed by atoms with Crippen LogP contribution in [-0.2, 0) is 4.79 Å². The molecule has 0 fully saturated rings. The number of aryl methyl sites for hydroxylation is 1. The van der Waals surface area contributed by atoms with E-state index in [2.05, 4.69) is 13.8 Å². The van der Waals surface area contributed by atoms with Crippen molar-refractivity contribution in [1.82, 2.24) is 0 Å². The minimum absolute atomic E-state index is 0.0364. The largest absolute Gasteiger partial charge is 0.476 e. The topological polar surface area (TPSA) is 29.5 Å². The summed E-state index contributed by atoms with van der Waals surface area (Å²) < 4.78 is 5.81. The first kappa shape index (κ1) is 12.9. The number of carbonyl (C=O) groups is 1. The van der Waals surface area contributed by atoms with Crippen LogP contribution in [0.2, 0.25) is 0 Å². The second kappa shape index (κ2) is 4.30. The second-order valence-corrected chi connectivity index (χ2v) is 5.89. The zero-order valence-corrected chi connectivity index (χ0v) is 11.8. The number of rotatable bonds is 2. The van der Waals surface area contributed by atoms with Gasteiger partial charge in [0, 0.05) is 6.54 Å². The van der Waals surface area contributed by atoms with Crippen molar-refractivity contribution in [3.63, 3.8) is 0 Å². The Morgan fingerprint density at radius 1 is 1.33 bits per heavy atom. The molecule has 1 aliphatic rings. The summed E-state index contributed by atoms with van der Waals surface area (Å²) in [4.78, 5) is 14.3. The van der Waals surface area contributed by atoms with E-state index >= 15 is 0 Å². The number of fused-ring (bicyclic) bond motifs is 1. The monoisotopic (exact) mass is 247 g/mol. The third-order valence-electron chi connectivity index (χ3n) is 3.08. The molecule has 0 radical (unpaired) electrons. The SMILES string of the molecule is Cc1ccc2c(c1)N(CC(C)C)C(=O)C(C)(C)O2. The van der Waals surface area contributed by atoms with Crippen LogP contribution in [-0.4, -0.2) is 18.1 Å². The van der Waals surface area contributed by atoms with E-state index in [1.807, 2.05) is 43.9 Å². The molecule has 1 aliphatic heterocycles. The number of carbonyl (C=O) groups excluding carboxylic acids is 1. The van der Waals surface area contributed by atoms with E-state index in [4.69, 9.17) is 4.74 Å². The van der Waals surface area contributed by atoms with Gasteiger partial charge in [0.25, 0.3) is 5.91 Å². The van der Waals surface area contributed by atoms with Crippen molar-refractivity contribution in [2.75, 3.05) is 11.4 Å². The van der Waals surface area contributed by atoms with Crippen molar-refractivity contribution in [2.45, 2.75) is 40.2 Å². The van der Waals surface area contributed by atoms with Gasteiger partial charge in [-0.15, -0.1) is 0 Å². The van der Waals surface area contributed by atoms with E-state index in [1.54, 1.807) is 0 Å². The first-order valence-electron chi connectivity index (χ1n) is 6.43. The highest BCUT2D eigenvalue weighted by atomic mass is 16.5. The van der Waals surface area contributed by atoms with Crippen molar-refractivity contribution in [2.24, 2.45) is 5.92 Å². The Kier molecular flexibility index (Phi) is 3.09. The Labute approximate surface area is 109 Å². The van der Waals surface area contributed by atoms with Gasteiger partial charge in [-0.2, -0.15) is 0 Å². The first-order chi connectivity index (χ1) is 8.31. The molecule has 3 nitrogen and oxygen atoms in total. The second-order valence-electron chi connectivity index (χ2n) is 5.89. The molecule has 0 saturated carbocycles. The molecule has 3 heteroatoms. The van der Waals surface area contributed by atoms with Gasteiger partial charge in [0.05, 0.1) is 5.69 Å². The summed E-state index contributed by atoms with van der Waals surface area (Å²) in [7, 11) is 0. The van der Waals surface area contributed by atoms with E-state index in [1.165, 1.54) is 0 Å². The predicted octanol–water partition coefficient (Wildman–Crippen LogP) is 3.16. The van der Waals surface area contributed by atoms with Crippen molar-refractivity contribution in [3.05, 3.63) is 23.8 Å². The lowest BCUT2D eigenvalue weighted by atomic mass is 10.0. The molecule has 98 valence electrons. The van der Waals surface area contributed by atoms with Crippen LogP contribution < -0.4 is 9.64 Å². The van der Waals surface area contributed by atoms with E-state index in [0.717, 1.165) is 23.5 Å². The molecule has 0 saturated heterocycles. The normalized spacial score (nSPS) is 17.7. The molecular weight excluding hydrogens is 226 g/mol. The molecule has 1 aromatic rings. The maximum Gasteiger partial charge on any atom is 0.270 e. The van der Waals surface area contributed by atoms with Crippen LogP contribution in [0.25, 0.3) is 0 Å². The molecule has 0 spiro atoms. The van der Waals surface area contributed by atoms with Gasteiger partial charge in [-0.25, -0.2) is 0 Å². The molecule has 0 bridgehead atoms. The molecule has 0 unspecified atom stereocenters. The van der Waals surface area contributed by atoms with E-state index in [0.29, 0.717) is 5.92 Å². The fourth-order valence-electron chi connectivity index (χ4n) is 2.22. The summed E-state index contributed by atoms with van der Waals surface area (Å²) in [5, 5.41) is 0. The van der Waals surface area contributed by atoms with Crippen molar-refractivity contribution in [1.29, 1.82) is 0 Å². The van der Waals surface area contributed by atoms with Gasteiger partial charge in [-0.05, 0) is 44.4 Å². The van der Waals surface area contributed by atoms with Crippen LogP contribution in [0.4, 0.5) is 5.69 Å². The summed E-state index contributed by atoms with van der Waals surface area (Å²) in [6.45, 7) is 10.6. The molecule has 18 heavy (non-hydrogen) atoms. The van der Waals surface area contributed by atoms with Gasteiger partial charge in [0.1, 0.15) is 5.75 Å². The average molecular weight is 247 g/mol. The first-order valence-corrected chi connectivity index (χ1v) is 6.43. The fourth-order valence-corrected chi connectivity index (χ4v) is 2.22. The van der Waals surface area contributed by atoms with Gasteiger partial charge in [-0.3, -0.25) is 4.79 Å². The van der Waals surface area contributed by atoms with Crippen molar-refractivity contribution < 1.29 is 9.53 Å². The predicted molar refractivity (Wildman–Crippen MR) is 73.1 cm³/mol. The van der Waals surface area contributed by atoms with Gasteiger partial charge >= 0.3 is 0 Å². The molecule has 0 aliphatic carbocycles. The zero-order chi connectivity index (χ0) is 13.5. The number of ether oxygens (including phenoxy) is 1. The van der Waals surface area contributed by atoms with Gasteiger partial charge in [-0.1, -0.05) is 19.9 Å². The standard InChI is InChI=1S/C15H21NO2/c1-10(2)9-16-12-8-11(3)6-7-13(12)18-15(4,5)14(16)17/h6-8,10H,9H2,1-5H3. The molecular formula is C15H21NO2. The Balaban J connectivity index is 2.49. The lowest BCUT2D eigenvalue weighted by Crippen LogP contribution is -2.53. The summed E-state index contributed by atoms with van der Waals surface area (Å²) in [5.41, 5.74) is 1.25. The molecule has 2 rings (SSSR count). The molecule has 1 amide bonds. The molecule has 1 aromatic carbocycles. The van der Waals surface area contributed by atoms with E-state index < -0.39 is 5.60 Å². The summed E-state index contributed by atoms with van der Waals surface area (Å²) in [6.07, 6.45) is 0. The molecule has 0 atom stereocenters. The van der Waals surface area contributed by atoms with E-state index in [9.17, 15) is 4.79 Å². The van der Waals surface area contributed by atoms with Crippen LogP contribution in [0.1, 0.15) is 33.3 Å². The lowest BCUT2D eigenvalue weighted by Gasteiger charge is -2.39. The number of hydrogen-bond donors (Lipinski definition) is 0. The van der Waals surface area contributed by atoms with Crippen LogP contribution in [0.5, 0.6) is 5.75 Å². The molecule has 1 heterocycles. The number of anilines is 1. The lowest BCUT2D eigenvalue weighted by molar-refractivity contribution is -0.132. The third-order valence-corrected chi connectivity index (χ3v) is 3.08. The maximum atomic E-state index is 12.5. The third kappa shape index (κ3) is 2.22. The summed E-state index contributed by atoms with van der Waals surface area (Å²) in [6, 6.07) is 5.98. The minimum atomic E-state index is -0.781. The highest BCUT2D eigenvalue weighted by Crippen LogP contribution is 2.38. The highest BCUT2D eigenvalue weighted by Gasteiger charge is 2.40. The van der Waals surface area contributed by atoms with Crippen molar-refractivity contribution >= 4 is 11.6 Å². The number of nitrogens with zero attached hydrogens (tertiary/aromatic N) is 1. The van der Waals surface area contributed by atoms with Crippen LogP contribution in [0, 0.1) is 12.8 Å². The molecule has 0 N–H and O–H groups in total. The van der Waals surface area contributed by atoms with Crippen LogP contribution in [0.15, 0.2) is 18.2 Å². The number of benzene rings is 1. The highest BCUT2D eigenvalue weighted by molar-refractivity contribution is 6.02. The Bertz CT molecular complexity index is 477.